The largest absolute Gasteiger partial charge is 0.471 e. The van der Waals surface area contributed by atoms with Crippen LogP contribution in [0.2, 0.25) is 0 Å². The maximum Gasteiger partial charge on any atom is 0.471 e. The number of piperazine rings is 1. The first-order chi connectivity index (χ1) is 19.4. The minimum Gasteiger partial charge on any atom is -0.463 e. The number of rotatable bonds is 9. The molecular formula is C25H38F3N3O11. The van der Waals surface area contributed by atoms with Gasteiger partial charge in [-0.2, -0.15) is 13.2 Å². The Labute approximate surface area is 241 Å². The Morgan fingerprint density at radius 1 is 0.881 bits per heavy atom. The highest BCUT2D eigenvalue weighted by atomic mass is 19.4. The van der Waals surface area contributed by atoms with Gasteiger partial charge in [0.1, 0.15) is 24.4 Å². The highest BCUT2D eigenvalue weighted by Gasteiger charge is 2.53. The Morgan fingerprint density at radius 2 is 1.45 bits per heavy atom. The number of nitrogens with zero attached hydrogens (tertiary/aromatic N) is 2. The van der Waals surface area contributed by atoms with Crippen LogP contribution >= 0.6 is 0 Å². The summed E-state index contributed by atoms with van der Waals surface area (Å²) in [7, 11) is 0. The molecule has 2 fully saturated rings. The Morgan fingerprint density at radius 3 is 1.95 bits per heavy atom. The fourth-order valence-corrected chi connectivity index (χ4v) is 4.21. The van der Waals surface area contributed by atoms with Crippen molar-refractivity contribution >= 4 is 29.9 Å². The van der Waals surface area contributed by atoms with Crippen LogP contribution in [0.25, 0.3) is 0 Å². The lowest BCUT2D eigenvalue weighted by molar-refractivity contribution is -0.279. The summed E-state index contributed by atoms with van der Waals surface area (Å²) in [5, 5.41) is 1.72. The van der Waals surface area contributed by atoms with E-state index < -0.39 is 78.9 Å². The van der Waals surface area contributed by atoms with Gasteiger partial charge in [0, 0.05) is 53.5 Å². The third-order valence-corrected chi connectivity index (χ3v) is 5.97. The standard InChI is InChI=1S/C25H38F3N3O11/c1-14(32)38-13-17-19(39-15(2)33)20(40-16(3)34)18(29-22(35)25(26,27)28)21(41-17)37-12-11-30-7-9-31(10-8-30)23(36)42-24(4,5)6/h17-21H,7-13H2,1-6H3,(H,29,35)/t17-,18-,19-,20-,21-/m1/s1. The molecule has 0 aliphatic carbocycles. The highest BCUT2D eigenvalue weighted by Crippen LogP contribution is 2.29. The van der Waals surface area contributed by atoms with E-state index >= 15 is 0 Å². The van der Waals surface area contributed by atoms with Crippen LogP contribution < -0.4 is 5.32 Å². The van der Waals surface area contributed by atoms with Crippen LogP contribution in [-0.2, 0) is 47.6 Å². The summed E-state index contributed by atoms with van der Waals surface area (Å²) in [6.45, 7) is 9.55. The van der Waals surface area contributed by atoms with Gasteiger partial charge in [-0.05, 0) is 20.8 Å². The molecule has 5 atom stereocenters. The van der Waals surface area contributed by atoms with Gasteiger partial charge in [0.15, 0.2) is 18.5 Å². The van der Waals surface area contributed by atoms with Crippen LogP contribution in [0.1, 0.15) is 41.5 Å². The molecule has 2 rings (SSSR count). The normalized spacial score (nSPS) is 25.3. The minimum atomic E-state index is -5.31. The van der Waals surface area contributed by atoms with Crippen LogP contribution in [0.15, 0.2) is 0 Å². The van der Waals surface area contributed by atoms with Crippen molar-refractivity contribution in [1.29, 1.82) is 0 Å². The zero-order valence-corrected chi connectivity index (χ0v) is 24.4. The Kier molecular flexibility index (Phi) is 12.4. The number of halogens is 3. The first-order valence-corrected chi connectivity index (χ1v) is 13.2. The number of carbonyl (C=O) groups excluding carboxylic acids is 5. The molecule has 0 unspecified atom stereocenters. The lowest BCUT2D eigenvalue weighted by Crippen LogP contribution is -2.67. The molecule has 17 heteroatoms. The molecule has 0 spiro atoms. The third kappa shape index (κ3) is 11.2. The summed E-state index contributed by atoms with van der Waals surface area (Å²) in [6.07, 6.45) is -12.0. The first-order valence-electron chi connectivity index (χ1n) is 13.2. The minimum absolute atomic E-state index is 0.124. The quantitative estimate of drug-likeness (QED) is 0.288. The fourth-order valence-electron chi connectivity index (χ4n) is 4.21. The Hall–Kier alpha value is -3.18. The molecule has 0 saturated carbocycles. The van der Waals surface area contributed by atoms with Gasteiger partial charge in [-0.15, -0.1) is 0 Å². The number of nitrogens with one attached hydrogen (secondary N) is 1. The molecule has 0 bridgehead atoms. The first kappa shape index (κ1) is 35.0. The van der Waals surface area contributed by atoms with Crippen LogP contribution in [0.4, 0.5) is 18.0 Å². The van der Waals surface area contributed by atoms with Gasteiger partial charge in [-0.3, -0.25) is 24.1 Å². The molecule has 0 radical (unpaired) electrons. The summed E-state index contributed by atoms with van der Waals surface area (Å²) >= 11 is 0. The second kappa shape index (κ2) is 14.8. The van der Waals surface area contributed by atoms with Crippen molar-refractivity contribution < 1.29 is 65.6 Å². The number of esters is 3. The molecule has 2 saturated heterocycles. The second-order valence-electron chi connectivity index (χ2n) is 10.7. The lowest BCUT2D eigenvalue weighted by atomic mass is 9.96. The maximum absolute atomic E-state index is 13.2. The van der Waals surface area contributed by atoms with Crippen molar-refractivity contribution in [1.82, 2.24) is 15.1 Å². The maximum atomic E-state index is 13.2. The number of amides is 2. The highest BCUT2D eigenvalue weighted by molar-refractivity contribution is 5.82. The van der Waals surface area contributed by atoms with Gasteiger partial charge in [-0.1, -0.05) is 0 Å². The zero-order valence-electron chi connectivity index (χ0n) is 24.4. The van der Waals surface area contributed by atoms with E-state index in [0.29, 0.717) is 26.2 Å². The van der Waals surface area contributed by atoms with Crippen LogP contribution in [0.5, 0.6) is 0 Å². The van der Waals surface area contributed by atoms with Gasteiger partial charge in [-0.25, -0.2) is 4.79 Å². The van der Waals surface area contributed by atoms with E-state index in [2.05, 4.69) is 0 Å². The molecule has 240 valence electrons. The number of ether oxygens (including phenoxy) is 6. The smallest absolute Gasteiger partial charge is 0.463 e. The summed E-state index contributed by atoms with van der Waals surface area (Å²) < 4.78 is 71.8. The molecule has 2 aliphatic heterocycles. The topological polar surface area (TPSA) is 159 Å². The summed E-state index contributed by atoms with van der Waals surface area (Å²) in [4.78, 5) is 62.8. The molecular weight excluding hydrogens is 575 g/mol. The zero-order chi connectivity index (χ0) is 31.8. The van der Waals surface area contributed by atoms with E-state index in [4.69, 9.17) is 28.4 Å². The van der Waals surface area contributed by atoms with E-state index in [1.54, 1.807) is 31.0 Å². The van der Waals surface area contributed by atoms with Gasteiger partial charge in [0.05, 0.1) is 6.61 Å². The number of alkyl halides is 3. The number of carbonyl (C=O) groups is 5. The summed E-state index contributed by atoms with van der Waals surface area (Å²) in [6, 6.07) is -1.77. The number of hydrogen-bond acceptors (Lipinski definition) is 12. The molecule has 2 amide bonds. The summed E-state index contributed by atoms with van der Waals surface area (Å²) in [5.74, 6) is -4.97. The Bertz CT molecular complexity index is 981. The molecule has 0 aromatic heterocycles. The van der Waals surface area contributed by atoms with Crippen LogP contribution in [0.3, 0.4) is 0 Å². The average molecular weight is 614 g/mol. The van der Waals surface area contributed by atoms with Crippen molar-refractivity contribution in [3.8, 4) is 0 Å². The Balaban J connectivity index is 2.19. The second-order valence-corrected chi connectivity index (χ2v) is 10.7. The van der Waals surface area contributed by atoms with E-state index in [1.165, 1.54) is 0 Å². The van der Waals surface area contributed by atoms with Gasteiger partial charge in [0.2, 0.25) is 0 Å². The lowest BCUT2D eigenvalue weighted by Gasteiger charge is -2.45. The van der Waals surface area contributed by atoms with E-state index in [0.717, 1.165) is 20.8 Å². The molecule has 14 nitrogen and oxygen atoms in total. The predicted octanol–water partition coefficient (Wildman–Crippen LogP) is 0.754. The van der Waals surface area contributed by atoms with E-state index in [-0.39, 0.29) is 13.2 Å². The third-order valence-electron chi connectivity index (χ3n) is 5.97. The van der Waals surface area contributed by atoms with Crippen LogP contribution in [0, 0.1) is 0 Å². The number of hydrogen-bond donors (Lipinski definition) is 1. The van der Waals surface area contributed by atoms with E-state index in [9.17, 15) is 37.1 Å². The van der Waals surface area contributed by atoms with Crippen molar-refractivity contribution in [2.24, 2.45) is 0 Å². The van der Waals surface area contributed by atoms with Crippen molar-refractivity contribution in [3.05, 3.63) is 0 Å². The molecule has 0 aromatic carbocycles. The molecule has 0 aromatic rings. The predicted molar refractivity (Wildman–Crippen MR) is 135 cm³/mol. The molecule has 2 heterocycles. The summed E-state index contributed by atoms with van der Waals surface area (Å²) in [5.41, 5.74) is -0.647. The van der Waals surface area contributed by atoms with Crippen molar-refractivity contribution in [2.75, 3.05) is 45.9 Å². The van der Waals surface area contributed by atoms with Gasteiger partial charge < -0.3 is 38.6 Å². The molecule has 42 heavy (non-hydrogen) atoms. The fraction of sp³-hybridized carbons (Fsp3) is 0.800. The molecule has 2 aliphatic rings. The SMILES string of the molecule is CC(=O)OC[C@H]1O[C@@H](OCCN2CCN(C(=O)OC(C)(C)C)CC2)[C@H](NC(=O)C(F)(F)F)[C@@H](OC(C)=O)[C@@H]1OC(C)=O. The van der Waals surface area contributed by atoms with Crippen LogP contribution in [-0.4, -0.2) is 128 Å². The van der Waals surface area contributed by atoms with Crippen molar-refractivity contribution in [3.63, 3.8) is 0 Å². The average Bonchev–Trinajstić information content (AvgIpc) is 2.84. The molecule has 1 N–H and O–H groups in total. The van der Waals surface area contributed by atoms with E-state index in [1.807, 2.05) is 4.90 Å². The van der Waals surface area contributed by atoms with Gasteiger partial charge >= 0.3 is 36.1 Å². The monoisotopic (exact) mass is 613 g/mol. The van der Waals surface area contributed by atoms with Gasteiger partial charge in [0.25, 0.3) is 0 Å². The van der Waals surface area contributed by atoms with Crippen molar-refractivity contribution in [2.45, 2.75) is 84.0 Å².